The molecule has 0 atom stereocenters. The second-order valence-corrected chi connectivity index (χ2v) is 6.83. The molecule has 1 N–H and O–H groups in total. The summed E-state index contributed by atoms with van der Waals surface area (Å²) < 4.78 is 5.18. The van der Waals surface area contributed by atoms with Gasteiger partial charge in [0, 0.05) is 30.9 Å². The number of rotatable bonds is 4. The molecule has 1 saturated heterocycles. The van der Waals surface area contributed by atoms with E-state index in [1.54, 1.807) is 6.20 Å². The fourth-order valence-corrected chi connectivity index (χ4v) is 3.60. The molecule has 0 radical (unpaired) electrons. The summed E-state index contributed by atoms with van der Waals surface area (Å²) in [6.07, 6.45) is 9.76. The summed E-state index contributed by atoms with van der Waals surface area (Å²) in [5.74, 6) is 1.10. The first-order chi connectivity index (χ1) is 12.3. The van der Waals surface area contributed by atoms with Gasteiger partial charge < -0.3 is 14.7 Å². The van der Waals surface area contributed by atoms with Crippen molar-refractivity contribution >= 4 is 11.7 Å². The van der Waals surface area contributed by atoms with E-state index >= 15 is 0 Å². The van der Waals surface area contributed by atoms with Gasteiger partial charge in [-0.2, -0.15) is 4.98 Å². The molecule has 2 aromatic rings. The molecule has 1 aliphatic heterocycles. The number of aromatic nitrogens is 3. The van der Waals surface area contributed by atoms with Crippen molar-refractivity contribution in [2.75, 3.05) is 18.0 Å². The molecule has 2 aromatic heterocycles. The van der Waals surface area contributed by atoms with Crippen molar-refractivity contribution in [2.24, 2.45) is 0 Å². The summed E-state index contributed by atoms with van der Waals surface area (Å²) in [6.45, 7) is 2.05. The Kier molecular flexibility index (Phi) is 4.63. The predicted octanol–water partition coefficient (Wildman–Crippen LogP) is 2.79. The third kappa shape index (κ3) is 3.65. The van der Waals surface area contributed by atoms with Crippen LogP contribution in [0.1, 0.15) is 55.6 Å². The molecule has 0 bridgehead atoms. The molecule has 0 aromatic carbocycles. The molecule has 1 saturated carbocycles. The molecule has 4 rings (SSSR count). The van der Waals surface area contributed by atoms with Crippen molar-refractivity contribution in [2.45, 2.75) is 51.0 Å². The van der Waals surface area contributed by atoms with Crippen LogP contribution in [0.3, 0.4) is 0 Å². The average molecular weight is 341 g/mol. The van der Waals surface area contributed by atoms with E-state index in [0.717, 1.165) is 50.2 Å². The number of nitrogens with one attached hydrogen (secondary N) is 1. The maximum Gasteiger partial charge on any atom is 0.316 e. The van der Waals surface area contributed by atoms with Crippen molar-refractivity contribution in [1.82, 2.24) is 20.4 Å². The normalized spacial score (nSPS) is 18.5. The lowest BCUT2D eigenvalue weighted by Crippen LogP contribution is -2.36. The van der Waals surface area contributed by atoms with Gasteiger partial charge in [-0.25, -0.2) is 4.98 Å². The van der Waals surface area contributed by atoms with E-state index in [1.807, 2.05) is 12.1 Å². The lowest BCUT2D eigenvalue weighted by Gasteiger charge is -2.21. The largest absolute Gasteiger partial charge is 0.357 e. The highest BCUT2D eigenvalue weighted by Gasteiger charge is 2.22. The molecule has 25 heavy (non-hydrogen) atoms. The summed E-state index contributed by atoms with van der Waals surface area (Å²) in [4.78, 5) is 23.3. The number of nitrogens with zero attached hydrogens (tertiary/aromatic N) is 4. The molecule has 1 aliphatic carbocycles. The molecule has 132 valence electrons. The highest BCUT2D eigenvalue weighted by Crippen LogP contribution is 2.23. The number of hydrogen-bond donors (Lipinski definition) is 1. The van der Waals surface area contributed by atoms with Crippen LogP contribution in [0.4, 0.5) is 5.82 Å². The van der Waals surface area contributed by atoms with Crippen LogP contribution in [0.2, 0.25) is 0 Å². The topological polar surface area (TPSA) is 84.2 Å². The summed E-state index contributed by atoms with van der Waals surface area (Å²) >= 11 is 0. The SMILES string of the molecule is O=C(NC1CCCCC1)c1nc(-c2ccnc(N3CCCC3)c2)no1. The number of carbonyl (C=O) groups excluding carboxylic acids is 1. The number of carbonyl (C=O) groups is 1. The van der Waals surface area contributed by atoms with E-state index in [2.05, 4.69) is 25.3 Å². The molecular weight excluding hydrogens is 318 g/mol. The van der Waals surface area contributed by atoms with E-state index in [0.29, 0.717) is 5.82 Å². The second kappa shape index (κ2) is 7.21. The highest BCUT2D eigenvalue weighted by molar-refractivity contribution is 5.90. The van der Waals surface area contributed by atoms with E-state index < -0.39 is 0 Å². The molecule has 0 unspecified atom stereocenters. The Balaban J connectivity index is 1.47. The Hall–Kier alpha value is -2.44. The maximum atomic E-state index is 12.3. The van der Waals surface area contributed by atoms with Gasteiger partial charge in [0.25, 0.3) is 0 Å². The zero-order valence-electron chi connectivity index (χ0n) is 14.3. The Labute approximate surface area is 146 Å². The monoisotopic (exact) mass is 341 g/mol. The van der Waals surface area contributed by atoms with Crippen LogP contribution in [0.25, 0.3) is 11.4 Å². The van der Waals surface area contributed by atoms with Crippen molar-refractivity contribution in [1.29, 1.82) is 0 Å². The lowest BCUT2D eigenvalue weighted by molar-refractivity contribution is 0.0883. The third-order valence-electron chi connectivity index (χ3n) is 4.99. The first-order valence-electron chi connectivity index (χ1n) is 9.15. The minimum absolute atomic E-state index is 0.0279. The van der Waals surface area contributed by atoms with Gasteiger partial charge >= 0.3 is 11.8 Å². The first kappa shape index (κ1) is 16.1. The summed E-state index contributed by atoms with van der Waals surface area (Å²) in [5, 5.41) is 6.98. The summed E-state index contributed by atoms with van der Waals surface area (Å²) in [5.41, 5.74) is 0.817. The molecule has 3 heterocycles. The van der Waals surface area contributed by atoms with Crippen LogP contribution in [0, 0.1) is 0 Å². The highest BCUT2D eigenvalue weighted by atomic mass is 16.5. The molecule has 0 spiro atoms. The standard InChI is InChI=1S/C18H23N5O2/c24-17(20-14-6-2-1-3-7-14)18-21-16(22-25-18)13-8-9-19-15(12-13)23-10-4-5-11-23/h8-9,12,14H,1-7,10-11H2,(H,20,24). The number of hydrogen-bond acceptors (Lipinski definition) is 6. The van der Waals surface area contributed by atoms with Gasteiger partial charge in [0.1, 0.15) is 5.82 Å². The smallest absolute Gasteiger partial charge is 0.316 e. The zero-order valence-corrected chi connectivity index (χ0v) is 14.3. The van der Waals surface area contributed by atoms with E-state index in [9.17, 15) is 4.79 Å². The van der Waals surface area contributed by atoms with Gasteiger partial charge in [-0.1, -0.05) is 24.4 Å². The van der Waals surface area contributed by atoms with E-state index in [1.165, 1.54) is 19.3 Å². The minimum atomic E-state index is -0.278. The number of pyridine rings is 1. The van der Waals surface area contributed by atoms with Gasteiger partial charge in [0.05, 0.1) is 0 Å². The summed E-state index contributed by atoms with van der Waals surface area (Å²) in [6, 6.07) is 4.02. The summed E-state index contributed by atoms with van der Waals surface area (Å²) in [7, 11) is 0. The fourth-order valence-electron chi connectivity index (χ4n) is 3.60. The van der Waals surface area contributed by atoms with Crippen LogP contribution in [-0.4, -0.2) is 40.2 Å². The molecule has 1 amide bonds. The van der Waals surface area contributed by atoms with Gasteiger partial charge in [0.15, 0.2) is 0 Å². The Morgan fingerprint density at radius 1 is 1.16 bits per heavy atom. The van der Waals surface area contributed by atoms with Crippen LogP contribution < -0.4 is 10.2 Å². The third-order valence-corrected chi connectivity index (χ3v) is 4.99. The van der Waals surface area contributed by atoms with Crippen molar-refractivity contribution in [3.63, 3.8) is 0 Å². The van der Waals surface area contributed by atoms with E-state index in [-0.39, 0.29) is 17.8 Å². The van der Waals surface area contributed by atoms with Crippen molar-refractivity contribution in [3.8, 4) is 11.4 Å². The molecule has 7 heteroatoms. The van der Waals surface area contributed by atoms with Gasteiger partial charge in [-0.3, -0.25) is 4.79 Å². The van der Waals surface area contributed by atoms with Crippen LogP contribution in [0.5, 0.6) is 0 Å². The molecule has 2 fully saturated rings. The van der Waals surface area contributed by atoms with Gasteiger partial charge in [0.2, 0.25) is 5.82 Å². The maximum absolute atomic E-state index is 12.3. The predicted molar refractivity (Wildman–Crippen MR) is 93.3 cm³/mol. The van der Waals surface area contributed by atoms with Crippen molar-refractivity contribution < 1.29 is 9.32 Å². The Morgan fingerprint density at radius 2 is 1.96 bits per heavy atom. The van der Waals surface area contributed by atoms with E-state index in [4.69, 9.17) is 4.52 Å². The number of anilines is 1. The van der Waals surface area contributed by atoms with Crippen LogP contribution in [-0.2, 0) is 0 Å². The second-order valence-electron chi connectivity index (χ2n) is 6.83. The number of amides is 1. The molecular formula is C18H23N5O2. The van der Waals surface area contributed by atoms with Crippen molar-refractivity contribution in [3.05, 3.63) is 24.2 Å². The first-order valence-corrected chi connectivity index (χ1v) is 9.15. The quantitative estimate of drug-likeness (QED) is 0.920. The van der Waals surface area contributed by atoms with Crippen LogP contribution >= 0.6 is 0 Å². The minimum Gasteiger partial charge on any atom is -0.357 e. The zero-order chi connectivity index (χ0) is 17.1. The molecule has 2 aliphatic rings. The van der Waals surface area contributed by atoms with Gasteiger partial charge in [-0.15, -0.1) is 0 Å². The lowest BCUT2D eigenvalue weighted by atomic mass is 9.95. The Bertz CT molecular complexity index is 733. The van der Waals surface area contributed by atoms with Crippen LogP contribution in [0.15, 0.2) is 22.9 Å². The Morgan fingerprint density at radius 3 is 2.76 bits per heavy atom. The fraction of sp³-hybridized carbons (Fsp3) is 0.556. The molecule has 7 nitrogen and oxygen atoms in total. The van der Waals surface area contributed by atoms with Gasteiger partial charge in [-0.05, 0) is 37.8 Å². The average Bonchev–Trinajstić information content (AvgIpc) is 3.35.